The number of amides is 3. The van der Waals surface area contributed by atoms with Gasteiger partial charge in [0.2, 0.25) is 11.8 Å². The maximum atomic E-state index is 13.3. The number of imide groups is 1. The minimum Gasteiger partial charge on any atom is -0.475 e. The van der Waals surface area contributed by atoms with Crippen LogP contribution in [0.2, 0.25) is 0 Å². The van der Waals surface area contributed by atoms with E-state index >= 15 is 0 Å². The SMILES string of the molecule is CCN(C[C@H]1N[C@@](Cc2ccccc2)(C(=O)OC)[C@H]2C(=O)N(C)C(=O)[C@@H]12)C(=O)c1ccccc1.O=C(O)C(F)(F)F. The molecular formula is C28H30F3N3O7. The monoisotopic (exact) mass is 577 g/mol. The fraction of sp³-hybridized carbons (Fsp3) is 0.393. The lowest BCUT2D eigenvalue weighted by Crippen LogP contribution is -2.59. The molecule has 2 fully saturated rings. The average molecular weight is 578 g/mol. The molecule has 0 radical (unpaired) electrons. The highest BCUT2D eigenvalue weighted by molar-refractivity contribution is 6.09. The van der Waals surface area contributed by atoms with Crippen LogP contribution in [0.4, 0.5) is 13.2 Å². The van der Waals surface area contributed by atoms with E-state index in [-0.39, 0.29) is 24.8 Å². The molecule has 13 heteroatoms. The highest BCUT2D eigenvalue weighted by Crippen LogP contribution is 2.45. The van der Waals surface area contributed by atoms with Gasteiger partial charge in [-0.2, -0.15) is 13.2 Å². The number of nitrogens with one attached hydrogen (secondary N) is 1. The van der Waals surface area contributed by atoms with Crippen molar-refractivity contribution in [1.82, 2.24) is 15.1 Å². The van der Waals surface area contributed by atoms with Gasteiger partial charge in [-0.25, -0.2) is 4.79 Å². The topological polar surface area (TPSA) is 133 Å². The van der Waals surface area contributed by atoms with Crippen LogP contribution in [-0.2, 0) is 30.3 Å². The number of hydrogen-bond donors (Lipinski definition) is 2. The molecule has 0 unspecified atom stereocenters. The van der Waals surface area contributed by atoms with Crippen LogP contribution in [0.25, 0.3) is 0 Å². The summed E-state index contributed by atoms with van der Waals surface area (Å²) < 4.78 is 36.9. The van der Waals surface area contributed by atoms with Crippen LogP contribution in [0.15, 0.2) is 60.7 Å². The number of hydrogen-bond acceptors (Lipinski definition) is 7. The second-order valence-corrected chi connectivity index (χ2v) is 9.63. The number of halogens is 3. The summed E-state index contributed by atoms with van der Waals surface area (Å²) in [5, 5.41) is 10.4. The van der Waals surface area contributed by atoms with Crippen molar-refractivity contribution in [3.63, 3.8) is 0 Å². The summed E-state index contributed by atoms with van der Waals surface area (Å²) >= 11 is 0. The Hall–Kier alpha value is -4.26. The Balaban J connectivity index is 0.000000587. The molecule has 2 aromatic carbocycles. The molecule has 10 nitrogen and oxygen atoms in total. The molecule has 41 heavy (non-hydrogen) atoms. The molecule has 0 bridgehead atoms. The van der Waals surface area contributed by atoms with E-state index in [1.54, 1.807) is 29.2 Å². The van der Waals surface area contributed by atoms with Gasteiger partial charge in [-0.05, 0) is 24.6 Å². The molecule has 2 N–H and O–H groups in total. The number of fused-ring (bicyclic) bond motifs is 1. The number of likely N-dealkylation sites (tertiary alicyclic amines) is 1. The summed E-state index contributed by atoms with van der Waals surface area (Å²) in [6.45, 7) is 2.44. The van der Waals surface area contributed by atoms with Crippen molar-refractivity contribution < 1.29 is 47.0 Å². The van der Waals surface area contributed by atoms with E-state index in [1.165, 1.54) is 14.2 Å². The molecule has 0 aliphatic carbocycles. The minimum atomic E-state index is -5.08. The van der Waals surface area contributed by atoms with Gasteiger partial charge in [0.05, 0.1) is 18.9 Å². The van der Waals surface area contributed by atoms with E-state index in [2.05, 4.69) is 5.32 Å². The van der Waals surface area contributed by atoms with Gasteiger partial charge in [0.1, 0.15) is 5.54 Å². The molecule has 2 aliphatic rings. The zero-order valence-corrected chi connectivity index (χ0v) is 22.6. The molecule has 3 amide bonds. The van der Waals surface area contributed by atoms with Crippen molar-refractivity contribution in [2.75, 3.05) is 27.2 Å². The number of nitrogens with zero attached hydrogens (tertiary/aromatic N) is 2. The maximum absolute atomic E-state index is 13.3. The largest absolute Gasteiger partial charge is 0.490 e. The summed E-state index contributed by atoms with van der Waals surface area (Å²) in [4.78, 5) is 64.5. The Morgan fingerprint density at radius 1 is 1.02 bits per heavy atom. The lowest BCUT2D eigenvalue weighted by Gasteiger charge is -2.33. The summed E-state index contributed by atoms with van der Waals surface area (Å²) in [6.07, 6.45) is -4.90. The number of carboxylic acids is 1. The fourth-order valence-corrected chi connectivity index (χ4v) is 5.30. The van der Waals surface area contributed by atoms with Crippen LogP contribution in [0.5, 0.6) is 0 Å². The zero-order valence-electron chi connectivity index (χ0n) is 22.6. The van der Waals surface area contributed by atoms with Gasteiger partial charge >= 0.3 is 18.1 Å². The standard InChI is InChI=1S/C26H29N3O5.C2HF3O2/c1-4-29(22(30)18-13-9-6-10-14-18)16-19-20-21(24(32)28(2)23(20)31)26(27-19,25(33)34-3)15-17-11-7-5-8-12-17;3-2(4,5)1(6)7/h5-14,19-21,27H,4,15-16H2,1-3H3;(H,6,7)/t19-,20+,21-,26-;/m1./s1. The Morgan fingerprint density at radius 3 is 2.05 bits per heavy atom. The average Bonchev–Trinajstić information content (AvgIpc) is 3.40. The van der Waals surface area contributed by atoms with Gasteiger partial charge in [-0.1, -0.05) is 48.5 Å². The highest BCUT2D eigenvalue weighted by Gasteiger charge is 2.68. The van der Waals surface area contributed by atoms with Crippen LogP contribution in [0, 0.1) is 11.8 Å². The molecule has 2 aromatic rings. The molecule has 2 aliphatic heterocycles. The number of methoxy groups -OCH3 is 1. The number of benzene rings is 2. The fourth-order valence-electron chi connectivity index (χ4n) is 5.30. The van der Waals surface area contributed by atoms with Crippen molar-refractivity contribution in [3.8, 4) is 0 Å². The third-order valence-corrected chi connectivity index (χ3v) is 7.20. The number of likely N-dealkylation sites (N-methyl/N-ethyl adjacent to an activating group) is 1. The predicted molar refractivity (Wildman–Crippen MR) is 138 cm³/mol. The Morgan fingerprint density at radius 2 is 1.56 bits per heavy atom. The summed E-state index contributed by atoms with van der Waals surface area (Å²) in [5.41, 5.74) is -0.0475. The molecule has 2 saturated heterocycles. The molecule has 220 valence electrons. The summed E-state index contributed by atoms with van der Waals surface area (Å²) in [5.74, 6) is -6.00. The summed E-state index contributed by atoms with van der Waals surface area (Å²) in [6, 6.07) is 17.6. The number of carbonyl (C=O) groups is 5. The first-order valence-electron chi connectivity index (χ1n) is 12.6. The van der Waals surface area contributed by atoms with Gasteiger partial charge in [0, 0.05) is 38.2 Å². The van der Waals surface area contributed by atoms with Gasteiger partial charge in [-0.15, -0.1) is 0 Å². The molecule has 4 atom stereocenters. The highest BCUT2D eigenvalue weighted by atomic mass is 19.4. The predicted octanol–water partition coefficient (Wildman–Crippen LogP) is 2.14. The number of carboxylic acid groups (broad SMARTS) is 1. The first-order chi connectivity index (χ1) is 19.3. The second kappa shape index (κ2) is 12.5. The van der Waals surface area contributed by atoms with Gasteiger partial charge in [0.15, 0.2) is 0 Å². The van der Waals surface area contributed by atoms with Crippen molar-refractivity contribution in [2.24, 2.45) is 11.8 Å². The number of aliphatic carboxylic acids is 1. The smallest absolute Gasteiger partial charge is 0.475 e. The molecule has 0 saturated carbocycles. The Labute approximate surface area is 234 Å². The first-order valence-corrected chi connectivity index (χ1v) is 12.6. The van der Waals surface area contributed by atoms with Crippen LogP contribution in [0.1, 0.15) is 22.8 Å². The van der Waals surface area contributed by atoms with E-state index in [0.717, 1.165) is 10.5 Å². The van der Waals surface area contributed by atoms with Crippen LogP contribution in [0.3, 0.4) is 0 Å². The molecule has 0 spiro atoms. The van der Waals surface area contributed by atoms with E-state index in [9.17, 15) is 32.3 Å². The second-order valence-electron chi connectivity index (χ2n) is 9.63. The zero-order chi connectivity index (χ0) is 30.5. The minimum absolute atomic E-state index is 0.172. The summed E-state index contributed by atoms with van der Waals surface area (Å²) in [7, 11) is 2.72. The maximum Gasteiger partial charge on any atom is 0.490 e. The van der Waals surface area contributed by atoms with Crippen LogP contribution >= 0.6 is 0 Å². The molecular weight excluding hydrogens is 547 g/mol. The van der Waals surface area contributed by atoms with Crippen molar-refractivity contribution in [2.45, 2.75) is 31.1 Å². The van der Waals surface area contributed by atoms with Crippen molar-refractivity contribution in [3.05, 3.63) is 71.8 Å². The molecule has 4 rings (SSSR count). The third kappa shape index (κ3) is 6.40. The van der Waals surface area contributed by atoms with Gasteiger partial charge in [-0.3, -0.25) is 29.4 Å². The first kappa shape index (κ1) is 31.3. The van der Waals surface area contributed by atoms with Gasteiger partial charge < -0.3 is 14.7 Å². The molecule has 2 heterocycles. The van der Waals surface area contributed by atoms with E-state index in [0.29, 0.717) is 12.1 Å². The lowest BCUT2D eigenvalue weighted by atomic mass is 9.76. The number of carbonyl (C=O) groups excluding carboxylic acids is 4. The quantitative estimate of drug-likeness (QED) is 0.378. The normalized spacial score (nSPS) is 23.4. The molecule has 0 aromatic heterocycles. The van der Waals surface area contributed by atoms with Crippen molar-refractivity contribution >= 4 is 29.7 Å². The number of alkyl halides is 3. The van der Waals surface area contributed by atoms with Gasteiger partial charge in [0.25, 0.3) is 5.91 Å². The van der Waals surface area contributed by atoms with E-state index in [1.807, 2.05) is 43.3 Å². The Kier molecular flexibility index (Phi) is 9.53. The third-order valence-electron chi connectivity index (χ3n) is 7.20. The van der Waals surface area contributed by atoms with E-state index in [4.69, 9.17) is 14.6 Å². The van der Waals surface area contributed by atoms with Crippen molar-refractivity contribution in [1.29, 1.82) is 0 Å². The Bertz CT molecular complexity index is 1290. The number of rotatable bonds is 7. The van der Waals surface area contributed by atoms with E-state index < -0.39 is 47.4 Å². The van der Waals surface area contributed by atoms with Crippen LogP contribution < -0.4 is 5.32 Å². The number of ether oxygens (including phenoxy) is 1. The lowest BCUT2D eigenvalue weighted by molar-refractivity contribution is -0.192. The number of esters is 1. The van der Waals surface area contributed by atoms with Crippen LogP contribution in [-0.4, -0.2) is 89.6 Å².